The fourth-order valence-corrected chi connectivity index (χ4v) is 2.94. The number of ether oxygens (including phenoxy) is 1. The van der Waals surface area contributed by atoms with Gasteiger partial charge in [0.15, 0.2) is 0 Å². The lowest BCUT2D eigenvalue weighted by Crippen LogP contribution is -2.19. The molecule has 0 bridgehead atoms. The van der Waals surface area contributed by atoms with Crippen molar-refractivity contribution >= 4 is 0 Å². The number of hydrogen-bond acceptors (Lipinski definition) is 2. The lowest BCUT2D eigenvalue weighted by molar-refractivity contribution is 0.0889. The van der Waals surface area contributed by atoms with Crippen LogP contribution in [0.15, 0.2) is 24.3 Å². The Bertz CT molecular complexity index is 368. The van der Waals surface area contributed by atoms with Gasteiger partial charge in [-0.2, -0.15) is 0 Å². The van der Waals surface area contributed by atoms with Crippen LogP contribution in [0.25, 0.3) is 0 Å². The van der Waals surface area contributed by atoms with Crippen LogP contribution < -0.4 is 5.32 Å². The molecule has 0 amide bonds. The highest BCUT2D eigenvalue weighted by Crippen LogP contribution is 2.25. The zero-order valence-electron chi connectivity index (χ0n) is 13.0. The first-order valence-corrected chi connectivity index (χ1v) is 8.17. The summed E-state index contributed by atoms with van der Waals surface area (Å²) in [7, 11) is 0. The van der Waals surface area contributed by atoms with E-state index < -0.39 is 0 Å². The van der Waals surface area contributed by atoms with E-state index in [1.165, 1.54) is 36.8 Å². The Kier molecular flexibility index (Phi) is 6.55. The molecule has 2 nitrogen and oxygen atoms in total. The Morgan fingerprint density at radius 2 is 1.90 bits per heavy atom. The fraction of sp³-hybridized carbons (Fsp3) is 0.667. The van der Waals surface area contributed by atoms with Crippen molar-refractivity contribution in [3.63, 3.8) is 0 Å². The third-order valence-corrected chi connectivity index (χ3v) is 4.35. The minimum absolute atomic E-state index is 0.573. The highest BCUT2D eigenvalue weighted by Gasteiger charge is 2.14. The summed E-state index contributed by atoms with van der Waals surface area (Å²) in [6.45, 7) is 8.22. The van der Waals surface area contributed by atoms with Gasteiger partial charge in [-0.15, -0.1) is 0 Å². The minimum atomic E-state index is 0.573. The molecule has 2 heteroatoms. The lowest BCUT2D eigenvalue weighted by Gasteiger charge is -2.13. The molecular formula is C18H29NO. The number of nitrogens with one attached hydrogen (secondary N) is 1. The van der Waals surface area contributed by atoms with E-state index in [1.54, 1.807) is 0 Å². The third kappa shape index (κ3) is 4.92. The molecule has 0 heterocycles. The van der Waals surface area contributed by atoms with Gasteiger partial charge in [-0.3, -0.25) is 0 Å². The van der Waals surface area contributed by atoms with E-state index in [1.807, 2.05) is 0 Å². The van der Waals surface area contributed by atoms with Crippen LogP contribution in [0.4, 0.5) is 0 Å². The third-order valence-electron chi connectivity index (χ3n) is 4.35. The van der Waals surface area contributed by atoms with Crippen molar-refractivity contribution in [2.75, 3.05) is 19.7 Å². The van der Waals surface area contributed by atoms with Gasteiger partial charge in [-0.25, -0.2) is 0 Å². The highest BCUT2D eigenvalue weighted by atomic mass is 16.5. The molecule has 1 aliphatic rings. The van der Waals surface area contributed by atoms with Gasteiger partial charge in [0.05, 0.1) is 6.61 Å². The molecule has 20 heavy (non-hydrogen) atoms. The summed E-state index contributed by atoms with van der Waals surface area (Å²) in [5, 5.41) is 3.40. The maximum Gasteiger partial charge on any atom is 0.0717 e. The van der Waals surface area contributed by atoms with Crippen molar-refractivity contribution in [2.45, 2.75) is 52.1 Å². The molecule has 1 fully saturated rings. The minimum Gasteiger partial charge on any atom is -0.376 e. The molecule has 1 aromatic carbocycles. The van der Waals surface area contributed by atoms with E-state index in [0.717, 1.165) is 32.2 Å². The first-order valence-electron chi connectivity index (χ1n) is 8.17. The topological polar surface area (TPSA) is 21.3 Å². The summed E-state index contributed by atoms with van der Waals surface area (Å²) in [6, 6.07) is 8.92. The van der Waals surface area contributed by atoms with Gasteiger partial charge in [-0.1, -0.05) is 51.0 Å². The Labute approximate surface area is 123 Å². The largest absolute Gasteiger partial charge is 0.376 e. The van der Waals surface area contributed by atoms with Crippen molar-refractivity contribution in [2.24, 2.45) is 5.92 Å². The van der Waals surface area contributed by atoms with E-state index in [9.17, 15) is 0 Å². The van der Waals surface area contributed by atoms with E-state index in [0.29, 0.717) is 5.92 Å². The molecule has 0 radical (unpaired) electrons. The van der Waals surface area contributed by atoms with Crippen molar-refractivity contribution in [3.05, 3.63) is 35.4 Å². The Morgan fingerprint density at radius 1 is 1.20 bits per heavy atom. The molecule has 0 spiro atoms. The molecule has 1 aromatic rings. The monoisotopic (exact) mass is 275 g/mol. The number of likely N-dealkylation sites (N-methyl/N-ethyl adjacent to an activating group) is 1. The maximum absolute atomic E-state index is 5.86. The second kappa shape index (κ2) is 8.43. The van der Waals surface area contributed by atoms with Gasteiger partial charge in [0.2, 0.25) is 0 Å². The van der Waals surface area contributed by atoms with Crippen LogP contribution in [0.3, 0.4) is 0 Å². The number of rotatable bonds is 8. The molecule has 112 valence electrons. The fourth-order valence-electron chi connectivity index (χ4n) is 2.94. The molecule has 0 aromatic heterocycles. The molecule has 1 unspecified atom stereocenters. The van der Waals surface area contributed by atoms with Crippen molar-refractivity contribution in [3.8, 4) is 0 Å². The molecule has 1 N–H and O–H groups in total. The lowest BCUT2D eigenvalue weighted by atomic mass is 10.00. The van der Waals surface area contributed by atoms with E-state index in [-0.39, 0.29) is 0 Å². The summed E-state index contributed by atoms with van der Waals surface area (Å²) in [6.07, 6.45) is 5.51. The quantitative estimate of drug-likeness (QED) is 0.771. The van der Waals surface area contributed by atoms with Gasteiger partial charge in [0.25, 0.3) is 0 Å². The normalized spacial score (nSPS) is 17.5. The first kappa shape index (κ1) is 15.5. The van der Waals surface area contributed by atoms with E-state index in [4.69, 9.17) is 4.74 Å². The molecule has 1 saturated carbocycles. The summed E-state index contributed by atoms with van der Waals surface area (Å²) >= 11 is 0. The van der Waals surface area contributed by atoms with Crippen LogP contribution in [-0.4, -0.2) is 19.7 Å². The summed E-state index contributed by atoms with van der Waals surface area (Å²) < 4.78 is 5.86. The predicted molar refractivity (Wildman–Crippen MR) is 85.0 cm³/mol. The second-order valence-electron chi connectivity index (χ2n) is 6.12. The van der Waals surface area contributed by atoms with Crippen LogP contribution in [0.2, 0.25) is 0 Å². The van der Waals surface area contributed by atoms with Crippen molar-refractivity contribution in [1.82, 2.24) is 5.32 Å². The van der Waals surface area contributed by atoms with Gasteiger partial charge < -0.3 is 10.1 Å². The van der Waals surface area contributed by atoms with E-state index in [2.05, 4.69) is 43.4 Å². The average Bonchev–Trinajstić information content (AvgIpc) is 2.99. The zero-order valence-corrected chi connectivity index (χ0v) is 13.0. The smallest absolute Gasteiger partial charge is 0.0717 e. The van der Waals surface area contributed by atoms with Gasteiger partial charge in [0.1, 0.15) is 0 Å². The molecule has 1 atom stereocenters. The first-order chi connectivity index (χ1) is 9.79. The van der Waals surface area contributed by atoms with Crippen LogP contribution in [0, 0.1) is 5.92 Å². The summed E-state index contributed by atoms with van der Waals surface area (Å²) in [4.78, 5) is 0. The van der Waals surface area contributed by atoms with E-state index >= 15 is 0 Å². The summed E-state index contributed by atoms with van der Waals surface area (Å²) in [5.74, 6) is 1.39. The average molecular weight is 275 g/mol. The van der Waals surface area contributed by atoms with Crippen LogP contribution in [0.5, 0.6) is 0 Å². The van der Waals surface area contributed by atoms with Gasteiger partial charge in [-0.05, 0) is 42.3 Å². The molecule has 1 aliphatic carbocycles. The van der Waals surface area contributed by atoms with Crippen LogP contribution in [0.1, 0.15) is 56.6 Å². The van der Waals surface area contributed by atoms with Crippen molar-refractivity contribution in [1.29, 1.82) is 0 Å². The molecule has 0 aliphatic heterocycles. The van der Waals surface area contributed by atoms with Gasteiger partial charge >= 0.3 is 0 Å². The second-order valence-corrected chi connectivity index (χ2v) is 6.12. The Morgan fingerprint density at radius 3 is 2.55 bits per heavy atom. The predicted octanol–water partition coefficient (Wildman–Crippen LogP) is 4.11. The standard InChI is InChI=1S/C18H29NO/c1-3-19-12-15(2)18-10-8-17(9-11-18)14-20-13-16-6-4-5-7-16/h8-11,15-16,19H,3-7,12-14H2,1-2H3. The van der Waals surface area contributed by atoms with Crippen LogP contribution >= 0.6 is 0 Å². The summed E-state index contributed by atoms with van der Waals surface area (Å²) in [5.41, 5.74) is 2.70. The SMILES string of the molecule is CCNCC(C)c1ccc(COCC2CCCC2)cc1. The Hall–Kier alpha value is -0.860. The van der Waals surface area contributed by atoms with Crippen LogP contribution in [-0.2, 0) is 11.3 Å². The number of hydrogen-bond donors (Lipinski definition) is 1. The van der Waals surface area contributed by atoms with Crippen molar-refractivity contribution < 1.29 is 4.74 Å². The molecule has 0 saturated heterocycles. The highest BCUT2D eigenvalue weighted by molar-refractivity contribution is 5.24. The molecule has 2 rings (SSSR count). The zero-order chi connectivity index (χ0) is 14.2. The van der Waals surface area contributed by atoms with Gasteiger partial charge in [0, 0.05) is 13.2 Å². The Balaban J connectivity index is 1.73. The maximum atomic E-state index is 5.86. The molecular weight excluding hydrogens is 246 g/mol. The number of benzene rings is 1.